The lowest BCUT2D eigenvalue weighted by Gasteiger charge is -2.62. The van der Waals surface area contributed by atoms with Crippen molar-refractivity contribution in [1.29, 1.82) is 0 Å². The second-order valence-electron chi connectivity index (χ2n) is 13.5. The zero-order valence-electron chi connectivity index (χ0n) is 24.4. The fraction of sp³-hybridized carbons (Fsp3) is 0.788. The van der Waals surface area contributed by atoms with E-state index in [0.29, 0.717) is 10.8 Å². The van der Waals surface area contributed by atoms with E-state index in [1.165, 1.54) is 80.2 Å². The maximum absolute atomic E-state index is 8.58. The molecule has 5 rings (SSSR count). The van der Waals surface area contributed by atoms with Crippen LogP contribution in [0.2, 0.25) is 0 Å². The Morgan fingerprint density at radius 3 is 2.49 bits per heavy atom. The molecule has 208 valence electrons. The van der Waals surface area contributed by atoms with Gasteiger partial charge in [0.25, 0.3) is 0 Å². The van der Waals surface area contributed by atoms with Gasteiger partial charge in [-0.1, -0.05) is 46.1 Å². The molecule has 3 nitrogen and oxygen atoms in total. The third-order valence-electron chi connectivity index (χ3n) is 12.0. The van der Waals surface area contributed by atoms with Gasteiger partial charge in [-0.2, -0.15) is 0 Å². The Morgan fingerprint density at radius 1 is 1.00 bits per heavy atom. The molecule has 0 heterocycles. The lowest BCUT2D eigenvalue weighted by molar-refractivity contribution is -0.135. The van der Waals surface area contributed by atoms with E-state index in [1.54, 1.807) is 12.8 Å². The van der Waals surface area contributed by atoms with E-state index < -0.39 is 0 Å². The van der Waals surface area contributed by atoms with E-state index in [-0.39, 0.29) is 6.41 Å². The van der Waals surface area contributed by atoms with Gasteiger partial charge < -0.3 is 5.73 Å². The number of primary amides is 1. The number of hydrogen-bond donors (Lipinski definition) is 2. The molecular formula is C33H54N2OS. The summed E-state index contributed by atoms with van der Waals surface area (Å²) >= 11 is 1.83. The number of amides is 1. The zero-order chi connectivity index (χ0) is 26.6. The maximum atomic E-state index is 8.58. The minimum Gasteiger partial charge on any atom is -0.372 e. The fourth-order valence-electron chi connectivity index (χ4n) is 9.94. The van der Waals surface area contributed by atoms with Gasteiger partial charge >= 0.3 is 0 Å². The first-order valence-electron chi connectivity index (χ1n) is 15.4. The third kappa shape index (κ3) is 5.81. The number of aryl methyl sites for hydroxylation is 2. The standard InChI is InChI=1S/C32H51NS.CH3NO/c1-6-24-21-27-29-15-13-25(10-9-19-33-34-26-14-12-22(2)23(3)20-26)31(29,4)18-16-30(27)32(5)17-8-7-11-28(24)32;2-1-3/h12,14,20,24-25,27-30,33H,6-11,13,15-19,21H2,1-5H3;1H,(H2,2,3)/t24-,25?,27?,28?,29?,30-,31?,32?;/m0./s1. The van der Waals surface area contributed by atoms with Gasteiger partial charge in [-0.05, 0) is 153 Å². The number of fused-ring (bicyclic) bond motifs is 5. The highest BCUT2D eigenvalue weighted by Gasteiger charge is 2.60. The molecule has 0 bridgehead atoms. The monoisotopic (exact) mass is 526 g/mol. The molecule has 8 atom stereocenters. The SMILES string of the molecule is CC[C@H]1CC2C3CCC(CCCNSc4ccc(C)c(C)c4)C3(C)CC[C@@H]2C2(C)CCCCC12.NC=O. The fourth-order valence-corrected chi connectivity index (χ4v) is 10.7. The molecule has 37 heavy (non-hydrogen) atoms. The zero-order valence-corrected chi connectivity index (χ0v) is 25.2. The smallest absolute Gasteiger partial charge is 0.204 e. The summed E-state index contributed by atoms with van der Waals surface area (Å²) in [5.74, 6) is 6.10. The molecule has 1 aromatic rings. The topological polar surface area (TPSA) is 55.1 Å². The minimum atomic E-state index is 0.250. The van der Waals surface area contributed by atoms with Crippen molar-refractivity contribution in [2.24, 2.45) is 52.1 Å². The van der Waals surface area contributed by atoms with Gasteiger partial charge in [-0.3, -0.25) is 9.52 Å². The predicted octanol–water partition coefficient (Wildman–Crippen LogP) is 8.47. The van der Waals surface area contributed by atoms with Gasteiger partial charge in [0, 0.05) is 11.4 Å². The first-order chi connectivity index (χ1) is 17.8. The van der Waals surface area contributed by atoms with E-state index in [2.05, 4.69) is 63.3 Å². The molecule has 3 N–H and O–H groups in total. The first-order valence-corrected chi connectivity index (χ1v) is 16.2. The average Bonchev–Trinajstić information content (AvgIpc) is 3.22. The quantitative estimate of drug-likeness (QED) is 0.213. The third-order valence-corrected chi connectivity index (χ3v) is 12.8. The maximum Gasteiger partial charge on any atom is 0.204 e. The van der Waals surface area contributed by atoms with Crippen LogP contribution in [0, 0.1) is 60.2 Å². The summed E-state index contributed by atoms with van der Waals surface area (Å²) in [4.78, 5) is 9.94. The summed E-state index contributed by atoms with van der Waals surface area (Å²) in [7, 11) is 0. The van der Waals surface area contributed by atoms with Crippen LogP contribution in [0.15, 0.2) is 23.1 Å². The highest BCUT2D eigenvalue weighted by molar-refractivity contribution is 7.97. The van der Waals surface area contributed by atoms with E-state index >= 15 is 0 Å². The predicted molar refractivity (Wildman–Crippen MR) is 158 cm³/mol. The molecule has 1 aromatic carbocycles. The van der Waals surface area contributed by atoms with Crippen molar-refractivity contribution in [2.75, 3.05) is 6.54 Å². The molecule has 0 aliphatic heterocycles. The van der Waals surface area contributed by atoms with Crippen LogP contribution in [0.3, 0.4) is 0 Å². The van der Waals surface area contributed by atoms with E-state index in [9.17, 15) is 0 Å². The molecule has 0 spiro atoms. The Hall–Kier alpha value is -1.00. The molecule has 4 aliphatic rings. The number of nitrogens with two attached hydrogens (primary N) is 1. The normalized spacial score (nSPS) is 38.5. The Labute approximate surface area is 232 Å². The molecule has 0 aromatic heterocycles. The molecule has 0 radical (unpaired) electrons. The molecular weight excluding hydrogens is 472 g/mol. The summed E-state index contributed by atoms with van der Waals surface area (Å²) in [5.41, 5.74) is 8.24. The summed E-state index contributed by atoms with van der Waals surface area (Å²) < 4.78 is 3.67. The summed E-state index contributed by atoms with van der Waals surface area (Å²) in [5, 5.41) is 0. The summed E-state index contributed by atoms with van der Waals surface area (Å²) in [6.07, 6.45) is 18.2. The number of rotatable bonds is 7. The van der Waals surface area contributed by atoms with Gasteiger partial charge in [-0.25, -0.2) is 0 Å². The van der Waals surface area contributed by atoms with Gasteiger partial charge in [0.15, 0.2) is 0 Å². The first kappa shape index (κ1) is 29.0. The van der Waals surface area contributed by atoms with Gasteiger partial charge in [0.1, 0.15) is 0 Å². The van der Waals surface area contributed by atoms with Crippen LogP contribution in [0.5, 0.6) is 0 Å². The number of carbonyl (C=O) groups excluding carboxylic acids is 1. The minimum absolute atomic E-state index is 0.250. The van der Waals surface area contributed by atoms with Crippen molar-refractivity contribution in [3.8, 4) is 0 Å². The number of benzene rings is 1. The highest BCUT2D eigenvalue weighted by Crippen LogP contribution is 2.69. The number of carbonyl (C=O) groups is 1. The second-order valence-corrected chi connectivity index (χ2v) is 14.4. The van der Waals surface area contributed by atoms with Crippen LogP contribution in [-0.4, -0.2) is 13.0 Å². The van der Waals surface area contributed by atoms with Gasteiger partial charge in [0.2, 0.25) is 6.41 Å². The van der Waals surface area contributed by atoms with Crippen molar-refractivity contribution >= 4 is 18.4 Å². The van der Waals surface area contributed by atoms with Gasteiger partial charge in [0.05, 0.1) is 0 Å². The summed E-state index contributed by atoms with van der Waals surface area (Å²) in [6, 6.07) is 6.82. The van der Waals surface area contributed by atoms with Crippen LogP contribution in [0.4, 0.5) is 0 Å². The molecule has 0 saturated heterocycles. The molecule has 4 saturated carbocycles. The number of nitrogens with one attached hydrogen (secondary N) is 1. The lowest BCUT2D eigenvalue weighted by Crippen LogP contribution is -2.55. The molecule has 4 fully saturated rings. The van der Waals surface area contributed by atoms with Crippen molar-refractivity contribution < 1.29 is 4.79 Å². The van der Waals surface area contributed by atoms with Crippen LogP contribution < -0.4 is 10.5 Å². The van der Waals surface area contributed by atoms with Crippen LogP contribution >= 0.6 is 11.9 Å². The van der Waals surface area contributed by atoms with Crippen molar-refractivity contribution in [3.05, 3.63) is 29.3 Å². The van der Waals surface area contributed by atoms with Crippen LogP contribution in [-0.2, 0) is 4.79 Å². The molecule has 4 aliphatic carbocycles. The van der Waals surface area contributed by atoms with Crippen molar-refractivity contribution in [1.82, 2.24) is 4.72 Å². The number of hydrogen-bond acceptors (Lipinski definition) is 3. The Kier molecular flexibility index (Phi) is 9.76. The van der Waals surface area contributed by atoms with Crippen LogP contribution in [0.25, 0.3) is 0 Å². The van der Waals surface area contributed by atoms with Crippen molar-refractivity contribution in [2.45, 2.75) is 117 Å². The Bertz CT molecular complexity index is 904. The molecule has 4 heteroatoms. The van der Waals surface area contributed by atoms with E-state index in [4.69, 9.17) is 4.79 Å². The van der Waals surface area contributed by atoms with E-state index in [0.717, 1.165) is 42.1 Å². The Morgan fingerprint density at radius 2 is 1.76 bits per heavy atom. The Balaban J connectivity index is 0.00000102. The molecule has 1 amide bonds. The van der Waals surface area contributed by atoms with E-state index in [1.807, 2.05) is 11.9 Å². The highest BCUT2D eigenvalue weighted by atomic mass is 32.2. The molecule has 6 unspecified atom stereocenters. The van der Waals surface area contributed by atoms with Crippen LogP contribution in [0.1, 0.15) is 109 Å². The van der Waals surface area contributed by atoms with Gasteiger partial charge in [-0.15, -0.1) is 0 Å². The lowest BCUT2D eigenvalue weighted by atomic mass is 9.42. The largest absolute Gasteiger partial charge is 0.372 e. The van der Waals surface area contributed by atoms with Crippen molar-refractivity contribution in [3.63, 3.8) is 0 Å². The summed E-state index contributed by atoms with van der Waals surface area (Å²) in [6.45, 7) is 13.5. The average molecular weight is 527 g/mol. The second kappa shape index (κ2) is 12.5.